The van der Waals surface area contributed by atoms with Crippen LogP contribution in [0.4, 0.5) is 5.69 Å². The second-order valence-electron chi connectivity index (χ2n) is 13.0. The maximum Gasteiger partial charge on any atom is 0.189 e. The van der Waals surface area contributed by atoms with Gasteiger partial charge in [-0.2, -0.15) is 0 Å². The van der Waals surface area contributed by atoms with Gasteiger partial charge in [-0.1, -0.05) is 47.6 Å². The van der Waals surface area contributed by atoms with Gasteiger partial charge in [-0.15, -0.1) is 0 Å². The Morgan fingerprint density at radius 3 is 2.21 bits per heavy atom. The van der Waals surface area contributed by atoms with Gasteiger partial charge in [0.05, 0.1) is 12.7 Å². The summed E-state index contributed by atoms with van der Waals surface area (Å²) >= 11 is 0. The highest BCUT2D eigenvalue weighted by Crippen LogP contribution is 2.39. The van der Waals surface area contributed by atoms with Crippen LogP contribution in [0.25, 0.3) is 6.08 Å². The van der Waals surface area contributed by atoms with Crippen molar-refractivity contribution in [1.82, 2.24) is 9.80 Å². The number of hydrogen-bond acceptors (Lipinski definition) is 6. The molecule has 0 aromatic heterocycles. The molecule has 1 fully saturated rings. The Hall–Kier alpha value is -2.83. The first-order chi connectivity index (χ1) is 18.2. The summed E-state index contributed by atoms with van der Waals surface area (Å²) in [6.07, 6.45) is 3.64. The van der Waals surface area contributed by atoms with Gasteiger partial charge in [0, 0.05) is 50.0 Å². The van der Waals surface area contributed by atoms with Gasteiger partial charge in [0.25, 0.3) is 0 Å². The lowest BCUT2D eigenvalue weighted by Crippen LogP contribution is -2.44. The number of anilines is 1. The molecule has 0 atom stereocenters. The van der Waals surface area contributed by atoms with E-state index >= 15 is 0 Å². The zero-order chi connectivity index (χ0) is 29.0. The van der Waals surface area contributed by atoms with Gasteiger partial charge < -0.3 is 24.2 Å². The van der Waals surface area contributed by atoms with Gasteiger partial charge in [-0.05, 0) is 73.5 Å². The molecule has 0 unspecified atom stereocenters. The van der Waals surface area contributed by atoms with Gasteiger partial charge in [0.1, 0.15) is 18.1 Å². The number of benzene rings is 2. The molecule has 3 rings (SSSR count). The monoisotopic (exact) mass is 535 g/mol. The van der Waals surface area contributed by atoms with Crippen LogP contribution in [-0.4, -0.2) is 83.2 Å². The van der Waals surface area contributed by atoms with Crippen molar-refractivity contribution in [3.05, 3.63) is 58.7 Å². The highest BCUT2D eigenvalue weighted by molar-refractivity contribution is 6.09. The Kier molecular flexibility index (Phi) is 9.89. The van der Waals surface area contributed by atoms with E-state index in [1.54, 1.807) is 13.2 Å². The molecule has 6 heteroatoms. The summed E-state index contributed by atoms with van der Waals surface area (Å²) in [5, 5.41) is 0. The number of ketones is 1. The van der Waals surface area contributed by atoms with Crippen molar-refractivity contribution in [3.8, 4) is 11.5 Å². The lowest BCUT2D eigenvalue weighted by molar-refractivity contribution is 0.104. The number of carbonyl (C=O) groups excluding carboxylic acids is 1. The molecule has 1 aliphatic heterocycles. The summed E-state index contributed by atoms with van der Waals surface area (Å²) in [7, 11) is 7.89. The molecule has 0 radical (unpaired) electrons. The van der Waals surface area contributed by atoms with E-state index in [0.717, 1.165) is 60.9 Å². The lowest BCUT2D eigenvalue weighted by atomic mass is 9.78. The number of ether oxygens (including phenoxy) is 2. The van der Waals surface area contributed by atoms with Gasteiger partial charge in [0.15, 0.2) is 5.78 Å². The number of likely N-dealkylation sites (N-methyl/N-ethyl adjacent to an activating group) is 2. The summed E-state index contributed by atoms with van der Waals surface area (Å²) in [5.74, 6) is 1.46. The molecule has 0 amide bonds. The maximum absolute atomic E-state index is 13.7. The van der Waals surface area contributed by atoms with Crippen molar-refractivity contribution in [2.45, 2.75) is 52.4 Å². The molecule has 214 valence electrons. The Morgan fingerprint density at radius 1 is 0.974 bits per heavy atom. The third kappa shape index (κ3) is 8.09. The summed E-state index contributed by atoms with van der Waals surface area (Å²) < 4.78 is 11.9. The first kappa shape index (κ1) is 30.7. The molecular weight excluding hydrogens is 486 g/mol. The van der Waals surface area contributed by atoms with Gasteiger partial charge in [-0.3, -0.25) is 4.79 Å². The molecule has 1 aliphatic rings. The fourth-order valence-electron chi connectivity index (χ4n) is 4.70. The maximum atomic E-state index is 13.7. The minimum atomic E-state index is -0.164. The van der Waals surface area contributed by atoms with E-state index in [4.69, 9.17) is 9.47 Å². The van der Waals surface area contributed by atoms with Crippen LogP contribution in [-0.2, 0) is 10.8 Å². The fourth-order valence-corrected chi connectivity index (χ4v) is 4.70. The zero-order valence-corrected chi connectivity index (χ0v) is 25.9. The van der Waals surface area contributed by atoms with E-state index in [-0.39, 0.29) is 16.6 Å². The average molecular weight is 536 g/mol. The molecule has 1 saturated heterocycles. The average Bonchev–Trinajstić information content (AvgIpc) is 2.86. The van der Waals surface area contributed by atoms with Crippen molar-refractivity contribution in [3.63, 3.8) is 0 Å². The highest BCUT2D eigenvalue weighted by Gasteiger charge is 2.27. The van der Waals surface area contributed by atoms with Gasteiger partial charge >= 0.3 is 0 Å². The molecule has 2 aromatic rings. The number of hydrogen-bond donors (Lipinski definition) is 0. The van der Waals surface area contributed by atoms with Crippen LogP contribution in [0.15, 0.2) is 36.4 Å². The minimum absolute atomic E-state index is 0.0564. The Bertz CT molecular complexity index is 1160. The topological polar surface area (TPSA) is 45.3 Å². The molecule has 6 nitrogen and oxygen atoms in total. The van der Waals surface area contributed by atoms with Crippen LogP contribution in [0.5, 0.6) is 11.5 Å². The van der Waals surface area contributed by atoms with E-state index in [9.17, 15) is 4.79 Å². The molecule has 39 heavy (non-hydrogen) atoms. The number of rotatable bonds is 9. The number of nitrogens with zero attached hydrogens (tertiary/aromatic N) is 3. The number of carbonyl (C=O) groups is 1. The largest absolute Gasteiger partial charge is 0.496 e. The molecule has 1 heterocycles. The summed E-state index contributed by atoms with van der Waals surface area (Å²) in [5.41, 5.74) is 4.63. The zero-order valence-electron chi connectivity index (χ0n) is 25.9. The Balaban J connectivity index is 2.00. The Labute approximate surface area is 236 Å². The molecular formula is C33H49N3O3. The standard InChI is InChI=1S/C33H49N3O3/c1-32(2,3)25-21-27(31(38-10)28(22-25)33(4,5)6)30(37)14-12-24-11-13-26(39-20-19-34(7)8)23-29(24)36-17-15-35(9)16-18-36/h11-14,21-23H,15-20H2,1-10H3. The van der Waals surface area contributed by atoms with Gasteiger partial charge in [0.2, 0.25) is 0 Å². The number of allylic oxidation sites excluding steroid dienone is 1. The van der Waals surface area contributed by atoms with E-state index in [1.165, 1.54) is 0 Å². The summed E-state index contributed by atoms with van der Waals surface area (Å²) in [6, 6.07) is 10.4. The number of methoxy groups -OCH3 is 1. The summed E-state index contributed by atoms with van der Waals surface area (Å²) in [4.78, 5) is 20.6. The van der Waals surface area contributed by atoms with E-state index in [0.29, 0.717) is 17.9 Å². The lowest BCUT2D eigenvalue weighted by Gasteiger charge is -2.35. The van der Waals surface area contributed by atoms with Crippen molar-refractivity contribution >= 4 is 17.5 Å². The molecule has 2 aromatic carbocycles. The SMILES string of the molecule is COc1c(C(=O)C=Cc2ccc(OCCN(C)C)cc2N2CCN(C)CC2)cc(C(C)(C)C)cc1C(C)(C)C. The Morgan fingerprint density at radius 2 is 1.64 bits per heavy atom. The normalized spacial score (nSPS) is 15.3. The van der Waals surface area contributed by atoms with Gasteiger partial charge in [-0.25, -0.2) is 0 Å². The first-order valence-corrected chi connectivity index (χ1v) is 14.0. The molecule has 0 bridgehead atoms. The summed E-state index contributed by atoms with van der Waals surface area (Å²) in [6.45, 7) is 18.4. The molecule has 0 saturated carbocycles. The molecule has 0 aliphatic carbocycles. The second kappa shape index (κ2) is 12.6. The van der Waals surface area contributed by atoms with E-state index in [2.05, 4.69) is 81.5 Å². The third-order valence-electron chi connectivity index (χ3n) is 7.30. The van der Waals surface area contributed by atoms with Crippen LogP contribution < -0.4 is 14.4 Å². The first-order valence-electron chi connectivity index (χ1n) is 14.0. The highest BCUT2D eigenvalue weighted by atomic mass is 16.5. The van der Waals surface area contributed by atoms with E-state index in [1.807, 2.05) is 32.3 Å². The molecule has 0 N–H and O–H groups in total. The second-order valence-corrected chi connectivity index (χ2v) is 13.0. The van der Waals surface area contributed by atoms with E-state index < -0.39 is 0 Å². The molecule has 0 spiro atoms. The van der Waals surface area contributed by atoms with Crippen LogP contribution in [0.3, 0.4) is 0 Å². The van der Waals surface area contributed by atoms with Crippen LogP contribution >= 0.6 is 0 Å². The van der Waals surface area contributed by atoms with Crippen LogP contribution in [0.2, 0.25) is 0 Å². The minimum Gasteiger partial charge on any atom is -0.496 e. The predicted molar refractivity (Wildman–Crippen MR) is 164 cm³/mol. The van der Waals surface area contributed by atoms with Crippen molar-refractivity contribution in [1.29, 1.82) is 0 Å². The predicted octanol–water partition coefficient (Wildman–Crippen LogP) is 5.88. The van der Waals surface area contributed by atoms with Crippen molar-refractivity contribution in [2.24, 2.45) is 0 Å². The van der Waals surface area contributed by atoms with Crippen LogP contribution in [0, 0.1) is 0 Å². The van der Waals surface area contributed by atoms with Crippen molar-refractivity contribution in [2.75, 3.05) is 72.5 Å². The quantitative estimate of drug-likeness (QED) is 0.295. The number of piperazine rings is 1. The van der Waals surface area contributed by atoms with Crippen LogP contribution in [0.1, 0.15) is 68.6 Å². The smallest absolute Gasteiger partial charge is 0.189 e. The van der Waals surface area contributed by atoms with Crippen molar-refractivity contribution < 1.29 is 14.3 Å². The third-order valence-corrected chi connectivity index (χ3v) is 7.30. The fraction of sp³-hybridized carbons (Fsp3) is 0.545.